The Morgan fingerprint density at radius 1 is 1.38 bits per heavy atom. The molecule has 2 aliphatic carbocycles. The summed E-state index contributed by atoms with van der Waals surface area (Å²) >= 11 is 1.56. The van der Waals surface area contributed by atoms with Crippen molar-refractivity contribution < 1.29 is 4.79 Å². The lowest BCUT2D eigenvalue weighted by molar-refractivity contribution is 0.100. The molecule has 2 unspecified atom stereocenters. The highest BCUT2D eigenvalue weighted by Crippen LogP contribution is 2.57. The van der Waals surface area contributed by atoms with E-state index in [9.17, 15) is 4.79 Å². The number of aromatic nitrogens is 2. The number of thioether (sulfide) groups is 1. The number of hydrogen-bond acceptors (Lipinski definition) is 4. The normalized spacial score (nSPS) is 21.8. The summed E-state index contributed by atoms with van der Waals surface area (Å²) in [6, 6.07) is 7.42. The van der Waals surface area contributed by atoms with Gasteiger partial charge in [-0.25, -0.2) is 9.97 Å². The molecule has 2 aliphatic rings. The lowest BCUT2D eigenvalue weighted by Gasteiger charge is -2.11. The predicted molar refractivity (Wildman–Crippen MR) is 82.3 cm³/mol. The maximum atomic E-state index is 11.4. The van der Waals surface area contributed by atoms with E-state index >= 15 is 0 Å². The van der Waals surface area contributed by atoms with E-state index in [4.69, 9.17) is 10.7 Å². The Hall–Kier alpha value is -1.88. The molecule has 0 bridgehead atoms. The fraction of sp³-hybridized carbons (Fsp3) is 0.312. The van der Waals surface area contributed by atoms with Gasteiger partial charge in [0.2, 0.25) is 5.91 Å². The molecule has 2 aromatic rings. The smallest absolute Gasteiger partial charge is 0.248 e. The molecular formula is C16H15N3OS. The van der Waals surface area contributed by atoms with Crippen molar-refractivity contribution >= 4 is 17.7 Å². The van der Waals surface area contributed by atoms with E-state index in [2.05, 4.69) is 4.98 Å². The summed E-state index contributed by atoms with van der Waals surface area (Å²) in [6.45, 7) is 0. The number of amides is 1. The summed E-state index contributed by atoms with van der Waals surface area (Å²) in [5.74, 6) is 0.979. The van der Waals surface area contributed by atoms with E-state index in [1.54, 1.807) is 17.8 Å². The van der Waals surface area contributed by atoms with Gasteiger partial charge in [0.1, 0.15) is 0 Å². The Bertz CT molecular complexity index is 759. The number of fused-ring (bicyclic) bond motifs is 3. The van der Waals surface area contributed by atoms with Gasteiger partial charge in [-0.2, -0.15) is 0 Å². The number of primary amides is 1. The number of carbonyl (C=O) groups excluding carboxylic acids is 1. The second-order valence-electron chi connectivity index (χ2n) is 5.67. The molecule has 2 atom stereocenters. The quantitative estimate of drug-likeness (QED) is 0.698. The zero-order chi connectivity index (χ0) is 14.6. The number of nitrogens with two attached hydrogens (primary N) is 1. The number of carbonyl (C=O) groups is 1. The molecule has 0 saturated heterocycles. The lowest BCUT2D eigenvalue weighted by atomic mass is 10.0. The van der Waals surface area contributed by atoms with Crippen LogP contribution in [0.5, 0.6) is 0 Å². The van der Waals surface area contributed by atoms with Crippen LogP contribution in [0.25, 0.3) is 11.3 Å². The fourth-order valence-corrected chi connectivity index (χ4v) is 3.58. The third-order valence-corrected chi connectivity index (χ3v) is 4.91. The molecular weight excluding hydrogens is 282 g/mol. The second kappa shape index (κ2) is 4.56. The van der Waals surface area contributed by atoms with Crippen molar-refractivity contribution in [2.45, 2.75) is 23.9 Å². The molecule has 4 rings (SSSR count). The average molecular weight is 297 g/mol. The van der Waals surface area contributed by atoms with Crippen LogP contribution in [-0.2, 0) is 6.42 Å². The van der Waals surface area contributed by atoms with E-state index < -0.39 is 5.91 Å². The van der Waals surface area contributed by atoms with Gasteiger partial charge in [0.15, 0.2) is 5.16 Å². The Morgan fingerprint density at radius 3 is 3.00 bits per heavy atom. The van der Waals surface area contributed by atoms with Crippen molar-refractivity contribution in [1.82, 2.24) is 9.97 Å². The van der Waals surface area contributed by atoms with Crippen molar-refractivity contribution in [2.75, 3.05) is 6.26 Å². The number of nitrogens with zero attached hydrogens (tertiary/aromatic N) is 2. The molecule has 4 nitrogen and oxygen atoms in total. The topological polar surface area (TPSA) is 68.9 Å². The first-order valence-corrected chi connectivity index (χ1v) is 8.25. The summed E-state index contributed by atoms with van der Waals surface area (Å²) in [5.41, 5.74) is 10.3. The average Bonchev–Trinajstić information content (AvgIpc) is 3.19. The highest BCUT2D eigenvalue weighted by Gasteiger charge is 2.47. The van der Waals surface area contributed by atoms with Gasteiger partial charge in [-0.3, -0.25) is 4.79 Å². The predicted octanol–water partition coefficient (Wildman–Crippen LogP) is 2.62. The summed E-state index contributed by atoms with van der Waals surface area (Å²) in [5, 5.41) is 0.806. The molecule has 0 spiro atoms. The number of hydrogen-bond donors (Lipinski definition) is 1. The molecule has 1 aromatic heterocycles. The Balaban J connectivity index is 1.88. The Morgan fingerprint density at radius 2 is 2.24 bits per heavy atom. The van der Waals surface area contributed by atoms with Crippen LogP contribution >= 0.6 is 11.8 Å². The monoisotopic (exact) mass is 297 g/mol. The minimum absolute atomic E-state index is 0.407. The van der Waals surface area contributed by atoms with Gasteiger partial charge in [0.25, 0.3) is 0 Å². The molecule has 1 aromatic carbocycles. The van der Waals surface area contributed by atoms with Crippen molar-refractivity contribution in [1.29, 1.82) is 0 Å². The van der Waals surface area contributed by atoms with Crippen molar-refractivity contribution in [3.8, 4) is 11.3 Å². The molecule has 1 amide bonds. The van der Waals surface area contributed by atoms with E-state index in [0.29, 0.717) is 11.5 Å². The zero-order valence-electron chi connectivity index (χ0n) is 11.7. The number of benzene rings is 1. The van der Waals surface area contributed by atoms with E-state index in [-0.39, 0.29) is 0 Å². The summed E-state index contributed by atoms with van der Waals surface area (Å²) in [4.78, 5) is 20.8. The Kier molecular flexibility index (Phi) is 2.79. The van der Waals surface area contributed by atoms with Crippen LogP contribution in [0.4, 0.5) is 0 Å². The highest BCUT2D eigenvalue weighted by molar-refractivity contribution is 7.98. The van der Waals surface area contributed by atoms with Crippen LogP contribution < -0.4 is 5.73 Å². The van der Waals surface area contributed by atoms with E-state index in [1.165, 1.54) is 17.7 Å². The van der Waals surface area contributed by atoms with E-state index in [1.807, 2.05) is 24.5 Å². The first-order valence-electron chi connectivity index (χ1n) is 7.02. The van der Waals surface area contributed by atoms with Crippen LogP contribution in [0, 0.1) is 5.92 Å². The first-order chi connectivity index (χ1) is 10.2. The molecule has 1 fully saturated rings. The van der Waals surface area contributed by atoms with Crippen LogP contribution in [-0.4, -0.2) is 22.1 Å². The van der Waals surface area contributed by atoms with Gasteiger partial charge in [-0.1, -0.05) is 23.9 Å². The standard InChI is InChI=1S/C16H15N3OS/c1-21-16-18-13(8-3-2-4-9(5-8)15(17)20)12-7-10-6-11(10)14(12)19-16/h2-5,10-11H,6-7H2,1H3,(H2,17,20). The molecule has 106 valence electrons. The van der Waals surface area contributed by atoms with Crippen LogP contribution in [0.1, 0.15) is 34.0 Å². The highest BCUT2D eigenvalue weighted by atomic mass is 32.2. The van der Waals surface area contributed by atoms with Gasteiger partial charge >= 0.3 is 0 Å². The summed E-state index contributed by atoms with van der Waals surface area (Å²) in [7, 11) is 0. The molecule has 1 saturated carbocycles. The van der Waals surface area contributed by atoms with Crippen LogP contribution in [0.15, 0.2) is 29.4 Å². The van der Waals surface area contributed by atoms with Gasteiger partial charge in [-0.15, -0.1) is 0 Å². The van der Waals surface area contributed by atoms with Gasteiger partial charge in [-0.05, 0) is 37.1 Å². The van der Waals surface area contributed by atoms with Crippen LogP contribution in [0.3, 0.4) is 0 Å². The lowest BCUT2D eigenvalue weighted by Crippen LogP contribution is -2.11. The van der Waals surface area contributed by atoms with Crippen LogP contribution in [0.2, 0.25) is 0 Å². The van der Waals surface area contributed by atoms with Crippen molar-refractivity contribution in [3.63, 3.8) is 0 Å². The Labute approximate surface area is 127 Å². The molecule has 0 radical (unpaired) electrons. The summed E-state index contributed by atoms with van der Waals surface area (Å²) < 4.78 is 0. The third-order valence-electron chi connectivity index (χ3n) is 4.36. The van der Waals surface area contributed by atoms with Gasteiger partial charge in [0.05, 0.1) is 11.4 Å². The zero-order valence-corrected chi connectivity index (χ0v) is 12.5. The minimum atomic E-state index is -0.407. The maximum Gasteiger partial charge on any atom is 0.248 e. The van der Waals surface area contributed by atoms with E-state index in [0.717, 1.165) is 28.8 Å². The largest absolute Gasteiger partial charge is 0.366 e. The number of rotatable bonds is 3. The second-order valence-corrected chi connectivity index (χ2v) is 6.45. The molecule has 2 N–H and O–H groups in total. The molecule has 5 heteroatoms. The first kappa shape index (κ1) is 12.8. The van der Waals surface area contributed by atoms with Gasteiger partial charge in [0, 0.05) is 22.6 Å². The minimum Gasteiger partial charge on any atom is -0.366 e. The molecule has 0 aliphatic heterocycles. The van der Waals surface area contributed by atoms with Gasteiger partial charge < -0.3 is 5.73 Å². The van der Waals surface area contributed by atoms with Crippen molar-refractivity contribution in [3.05, 3.63) is 41.1 Å². The van der Waals surface area contributed by atoms with Crippen molar-refractivity contribution in [2.24, 2.45) is 11.7 Å². The fourth-order valence-electron chi connectivity index (χ4n) is 3.21. The SMILES string of the molecule is CSc1nc(-c2cccc(C(N)=O)c2)c2c(n1)C1CC1C2. The summed E-state index contributed by atoms with van der Waals surface area (Å²) in [6.07, 6.45) is 4.31. The maximum absolute atomic E-state index is 11.4. The third kappa shape index (κ3) is 2.03. The molecule has 21 heavy (non-hydrogen) atoms. The molecule has 1 heterocycles.